The van der Waals surface area contributed by atoms with Gasteiger partial charge in [0.05, 0.1) is 35.5 Å². The Bertz CT molecular complexity index is 1190. The van der Waals surface area contributed by atoms with Gasteiger partial charge in [-0.3, -0.25) is 5.10 Å². The number of aliphatic hydroxyl groups excluding tert-OH is 2. The molecule has 146 valence electrons. The van der Waals surface area contributed by atoms with E-state index in [4.69, 9.17) is 0 Å². The lowest BCUT2D eigenvalue weighted by Gasteiger charge is -2.46. The highest BCUT2D eigenvalue weighted by Gasteiger charge is 2.61. The maximum Gasteiger partial charge on any atom is 0.140 e. The lowest BCUT2D eigenvalue weighted by molar-refractivity contribution is -0.0465. The summed E-state index contributed by atoms with van der Waals surface area (Å²) in [7, 11) is 0. The smallest absolute Gasteiger partial charge is 0.140 e. The van der Waals surface area contributed by atoms with Crippen LogP contribution in [-0.4, -0.2) is 32.6 Å². The summed E-state index contributed by atoms with van der Waals surface area (Å²) in [6.45, 7) is 0. The molecule has 1 aromatic heterocycles. The van der Waals surface area contributed by atoms with Crippen LogP contribution < -0.4 is 5.32 Å². The number of anilines is 1. The third-order valence-corrected chi connectivity index (χ3v) is 7.31. The number of H-pyrrole nitrogens is 1. The zero-order valence-corrected chi connectivity index (χ0v) is 15.4. The van der Waals surface area contributed by atoms with Gasteiger partial charge < -0.3 is 15.5 Å². The Morgan fingerprint density at radius 3 is 2.79 bits per heavy atom. The summed E-state index contributed by atoms with van der Waals surface area (Å²) in [5, 5.41) is 42.4. The number of fused-ring (bicyclic) bond motifs is 9. The summed E-state index contributed by atoms with van der Waals surface area (Å²) in [5.74, 6) is -0.560. The third kappa shape index (κ3) is 2.13. The molecule has 2 aliphatic carbocycles. The van der Waals surface area contributed by atoms with E-state index in [0.29, 0.717) is 0 Å². The molecule has 0 spiro atoms. The first kappa shape index (κ1) is 17.0. The van der Waals surface area contributed by atoms with Gasteiger partial charge in [0.15, 0.2) is 0 Å². The Hall–Kier alpha value is -2.95. The van der Waals surface area contributed by atoms with Crippen LogP contribution in [0.4, 0.5) is 10.1 Å². The molecule has 6 nitrogen and oxygen atoms in total. The van der Waals surface area contributed by atoms with Gasteiger partial charge in [-0.25, -0.2) is 4.39 Å². The lowest BCUT2D eigenvalue weighted by atomic mass is 9.66. The van der Waals surface area contributed by atoms with Gasteiger partial charge in [0.2, 0.25) is 0 Å². The maximum atomic E-state index is 13.9. The molecule has 2 unspecified atom stereocenters. The van der Waals surface area contributed by atoms with Crippen molar-refractivity contribution in [1.29, 1.82) is 5.26 Å². The third-order valence-electron chi connectivity index (χ3n) is 7.31. The van der Waals surface area contributed by atoms with Crippen molar-refractivity contribution in [2.45, 2.75) is 30.6 Å². The largest absolute Gasteiger partial charge is 0.390 e. The molecule has 7 atom stereocenters. The number of hydrogen-bond donors (Lipinski definition) is 4. The van der Waals surface area contributed by atoms with Gasteiger partial charge in [-0.15, -0.1) is 0 Å². The summed E-state index contributed by atoms with van der Waals surface area (Å²) in [5.41, 5.74) is 3.86. The van der Waals surface area contributed by atoms with Crippen LogP contribution >= 0.6 is 0 Å². The van der Waals surface area contributed by atoms with E-state index in [9.17, 15) is 19.9 Å². The monoisotopic (exact) mass is 390 g/mol. The average molecular weight is 390 g/mol. The van der Waals surface area contributed by atoms with E-state index in [1.165, 1.54) is 6.07 Å². The molecule has 2 aromatic carbocycles. The van der Waals surface area contributed by atoms with E-state index in [1.54, 1.807) is 12.1 Å². The Kier molecular flexibility index (Phi) is 3.38. The number of aromatic amines is 1. The van der Waals surface area contributed by atoms with E-state index in [2.05, 4.69) is 15.5 Å². The molecular formula is C22H19FN4O2. The van der Waals surface area contributed by atoms with Gasteiger partial charge in [-0.1, -0.05) is 6.07 Å². The fourth-order valence-corrected chi connectivity index (χ4v) is 6.17. The van der Waals surface area contributed by atoms with E-state index < -0.39 is 18.0 Å². The number of aromatic nitrogens is 2. The number of benzene rings is 2. The predicted octanol–water partition coefficient (Wildman–Crippen LogP) is 2.81. The molecule has 2 bridgehead atoms. The first-order valence-electron chi connectivity index (χ1n) is 9.86. The second kappa shape index (κ2) is 5.78. The number of hydrogen-bond acceptors (Lipinski definition) is 5. The van der Waals surface area contributed by atoms with E-state index in [-0.39, 0.29) is 35.3 Å². The lowest BCUT2D eigenvalue weighted by Crippen LogP contribution is -2.46. The molecule has 0 radical (unpaired) electrons. The van der Waals surface area contributed by atoms with Crippen molar-refractivity contribution in [1.82, 2.24) is 10.2 Å². The first-order valence-corrected chi connectivity index (χ1v) is 9.86. The first-order chi connectivity index (χ1) is 14.1. The van der Waals surface area contributed by atoms with Crippen molar-refractivity contribution in [3.63, 3.8) is 0 Å². The molecule has 3 aromatic rings. The van der Waals surface area contributed by atoms with E-state index in [0.717, 1.165) is 34.1 Å². The standard InChI is InChI=1S/C22H19FN4O2/c23-14-2-1-9(5-10(14)7-24)20-19-12-6-11(21(28)22(12)29)18(19)17-13-8-25-27-15(13)3-4-16(17)26-20/h1-5,8,11-12,18-22,26,28-29H,6H2,(H,25,27)/t11-,12+,18-,19-,20+,21?,22?/m1/s1. The molecule has 2 fully saturated rings. The van der Waals surface area contributed by atoms with Crippen molar-refractivity contribution in [3.8, 4) is 6.07 Å². The van der Waals surface area contributed by atoms with Crippen LogP contribution in [-0.2, 0) is 0 Å². The van der Waals surface area contributed by atoms with Crippen molar-refractivity contribution >= 4 is 16.6 Å². The number of aliphatic hydroxyl groups is 2. The Morgan fingerprint density at radius 1 is 1.14 bits per heavy atom. The predicted molar refractivity (Wildman–Crippen MR) is 103 cm³/mol. The average Bonchev–Trinajstić information content (AvgIpc) is 3.43. The minimum Gasteiger partial charge on any atom is -0.390 e. The molecule has 0 saturated heterocycles. The van der Waals surface area contributed by atoms with Crippen LogP contribution in [0.3, 0.4) is 0 Å². The normalized spacial score (nSPS) is 34.5. The zero-order valence-electron chi connectivity index (χ0n) is 15.4. The van der Waals surface area contributed by atoms with Crippen LogP contribution in [0.15, 0.2) is 36.5 Å². The van der Waals surface area contributed by atoms with Gasteiger partial charge >= 0.3 is 0 Å². The van der Waals surface area contributed by atoms with Crippen LogP contribution in [0, 0.1) is 34.9 Å². The van der Waals surface area contributed by atoms with Crippen LogP contribution in [0.2, 0.25) is 0 Å². The fraction of sp³-hybridized carbons (Fsp3) is 0.364. The summed E-state index contributed by atoms with van der Waals surface area (Å²) in [6.07, 6.45) is 1.04. The molecule has 2 saturated carbocycles. The summed E-state index contributed by atoms with van der Waals surface area (Å²) >= 11 is 0. The van der Waals surface area contributed by atoms with Crippen LogP contribution in [0.25, 0.3) is 10.9 Å². The maximum absolute atomic E-state index is 13.9. The van der Waals surface area contributed by atoms with Gasteiger partial charge in [-0.05, 0) is 65.5 Å². The van der Waals surface area contributed by atoms with E-state index in [1.807, 2.05) is 24.4 Å². The van der Waals surface area contributed by atoms with Crippen LogP contribution in [0.1, 0.15) is 35.1 Å². The molecule has 7 heteroatoms. The van der Waals surface area contributed by atoms with E-state index >= 15 is 0 Å². The highest BCUT2D eigenvalue weighted by atomic mass is 19.1. The Balaban J connectivity index is 1.56. The summed E-state index contributed by atoms with van der Waals surface area (Å²) in [4.78, 5) is 0. The van der Waals surface area contributed by atoms with Crippen molar-refractivity contribution in [2.75, 3.05) is 5.32 Å². The summed E-state index contributed by atoms with van der Waals surface area (Å²) < 4.78 is 13.9. The highest BCUT2D eigenvalue weighted by molar-refractivity contribution is 5.88. The zero-order chi connectivity index (χ0) is 19.9. The number of rotatable bonds is 1. The number of nitrogens with zero attached hydrogens (tertiary/aromatic N) is 2. The Labute approximate surface area is 166 Å². The van der Waals surface area contributed by atoms with Gasteiger partial charge in [0.1, 0.15) is 11.9 Å². The van der Waals surface area contributed by atoms with Gasteiger partial charge in [0, 0.05) is 11.1 Å². The number of nitriles is 1. The number of halogens is 1. The molecule has 6 rings (SSSR count). The van der Waals surface area contributed by atoms with Crippen molar-refractivity contribution in [2.24, 2.45) is 17.8 Å². The van der Waals surface area contributed by atoms with Crippen molar-refractivity contribution in [3.05, 3.63) is 59.0 Å². The number of nitrogens with one attached hydrogen (secondary N) is 2. The van der Waals surface area contributed by atoms with Gasteiger partial charge in [0.25, 0.3) is 0 Å². The minimum absolute atomic E-state index is 0.0145. The second-order valence-electron chi connectivity index (χ2n) is 8.48. The van der Waals surface area contributed by atoms with Crippen LogP contribution in [0.5, 0.6) is 0 Å². The molecule has 0 amide bonds. The van der Waals surface area contributed by atoms with Gasteiger partial charge in [-0.2, -0.15) is 10.4 Å². The minimum atomic E-state index is -0.772. The molecule has 3 aliphatic rings. The topological polar surface area (TPSA) is 105 Å². The summed E-state index contributed by atoms with van der Waals surface area (Å²) in [6, 6.07) is 10.3. The van der Waals surface area contributed by atoms with Crippen molar-refractivity contribution < 1.29 is 14.6 Å². The Morgan fingerprint density at radius 2 is 1.97 bits per heavy atom. The quantitative estimate of drug-likeness (QED) is 0.511. The fourth-order valence-electron chi connectivity index (χ4n) is 6.17. The second-order valence-corrected chi connectivity index (χ2v) is 8.48. The highest BCUT2D eigenvalue weighted by Crippen LogP contribution is 2.64. The molecule has 2 heterocycles. The molecule has 29 heavy (non-hydrogen) atoms. The SMILES string of the molecule is N#Cc1cc([C@@H]2Nc3ccc4[nH]ncc4c3[C@@H]3[C@H]2[C@@H]2C[C@H]3C(O)C2O)ccc1F. The molecule has 4 N–H and O–H groups in total. The molecule has 1 aliphatic heterocycles. The molecular weight excluding hydrogens is 371 g/mol.